The van der Waals surface area contributed by atoms with Gasteiger partial charge in [0, 0.05) is 18.5 Å². The van der Waals surface area contributed by atoms with Gasteiger partial charge in [-0.1, -0.05) is 62.4 Å². The number of fused-ring (bicyclic) bond motifs is 1. The Morgan fingerprint density at radius 2 is 1.76 bits per heavy atom. The fraction of sp³-hybridized carbons (Fsp3) is 0.333. The van der Waals surface area contributed by atoms with Crippen LogP contribution in [0.1, 0.15) is 32.3 Å². The van der Waals surface area contributed by atoms with Crippen LogP contribution in [0.25, 0.3) is 10.8 Å². The molecule has 0 aliphatic heterocycles. The molecule has 0 fully saturated rings. The topological polar surface area (TPSA) is 67.9 Å². The average Bonchev–Trinajstić information content (AvgIpc) is 2.85. The third-order valence-electron chi connectivity index (χ3n) is 5.52. The van der Waals surface area contributed by atoms with Crippen molar-refractivity contribution in [2.45, 2.75) is 39.3 Å². The summed E-state index contributed by atoms with van der Waals surface area (Å²) in [5, 5.41) is 4.91. The standard InChI is InChI=1S/C27H32N2O4/c1-4-16-28-27(31)24(5-2)29(18-20-10-8-13-22(17-20)32-3)26(30)19-33-25-15-9-12-21-11-6-7-14-23(21)25/h6-15,17,24H,4-5,16,18-19H2,1-3H3,(H,28,31)/t24-/m0/s1. The summed E-state index contributed by atoms with van der Waals surface area (Å²) in [6.07, 6.45) is 1.33. The minimum Gasteiger partial charge on any atom is -0.497 e. The molecule has 0 bridgehead atoms. The molecule has 3 aromatic rings. The molecule has 6 heteroatoms. The Morgan fingerprint density at radius 1 is 1.00 bits per heavy atom. The summed E-state index contributed by atoms with van der Waals surface area (Å²) in [5.74, 6) is 0.951. The molecule has 33 heavy (non-hydrogen) atoms. The largest absolute Gasteiger partial charge is 0.497 e. The Kier molecular flexibility index (Phi) is 8.70. The molecule has 3 aromatic carbocycles. The van der Waals surface area contributed by atoms with Gasteiger partial charge < -0.3 is 19.7 Å². The summed E-state index contributed by atoms with van der Waals surface area (Å²) in [6, 6.07) is 20.6. The number of nitrogens with one attached hydrogen (secondary N) is 1. The number of carbonyl (C=O) groups is 2. The van der Waals surface area contributed by atoms with Gasteiger partial charge in [0.15, 0.2) is 6.61 Å². The van der Waals surface area contributed by atoms with Gasteiger partial charge in [0.05, 0.1) is 7.11 Å². The number of ether oxygens (including phenoxy) is 2. The van der Waals surface area contributed by atoms with Gasteiger partial charge in [-0.15, -0.1) is 0 Å². The van der Waals surface area contributed by atoms with Gasteiger partial charge in [-0.3, -0.25) is 9.59 Å². The van der Waals surface area contributed by atoms with Crippen LogP contribution in [0.2, 0.25) is 0 Å². The van der Waals surface area contributed by atoms with Crippen molar-refractivity contribution in [3.05, 3.63) is 72.3 Å². The lowest BCUT2D eigenvalue weighted by atomic mass is 10.1. The number of carbonyl (C=O) groups excluding carboxylic acids is 2. The molecule has 1 N–H and O–H groups in total. The van der Waals surface area contributed by atoms with E-state index in [4.69, 9.17) is 9.47 Å². The molecule has 2 amide bonds. The van der Waals surface area contributed by atoms with Gasteiger partial charge in [-0.2, -0.15) is 0 Å². The maximum Gasteiger partial charge on any atom is 0.261 e. The maximum absolute atomic E-state index is 13.4. The minimum absolute atomic E-state index is 0.152. The molecule has 0 heterocycles. The molecule has 0 spiro atoms. The molecule has 0 aromatic heterocycles. The first-order valence-electron chi connectivity index (χ1n) is 11.4. The van der Waals surface area contributed by atoms with Crippen LogP contribution in [0.15, 0.2) is 66.7 Å². The van der Waals surface area contributed by atoms with E-state index in [0.29, 0.717) is 24.5 Å². The highest BCUT2D eigenvalue weighted by molar-refractivity contribution is 5.90. The predicted molar refractivity (Wildman–Crippen MR) is 130 cm³/mol. The molecule has 1 atom stereocenters. The first kappa shape index (κ1) is 24.1. The second-order valence-corrected chi connectivity index (χ2v) is 7.85. The van der Waals surface area contributed by atoms with Gasteiger partial charge >= 0.3 is 0 Å². The molecular weight excluding hydrogens is 416 g/mol. The summed E-state index contributed by atoms with van der Waals surface area (Å²) >= 11 is 0. The smallest absolute Gasteiger partial charge is 0.261 e. The Hall–Kier alpha value is -3.54. The number of benzene rings is 3. The van der Waals surface area contributed by atoms with Crippen molar-refractivity contribution in [1.82, 2.24) is 10.2 Å². The van der Waals surface area contributed by atoms with Crippen molar-refractivity contribution in [2.75, 3.05) is 20.3 Å². The zero-order valence-corrected chi connectivity index (χ0v) is 19.5. The summed E-state index contributed by atoms with van der Waals surface area (Å²) < 4.78 is 11.3. The van der Waals surface area contributed by atoms with E-state index >= 15 is 0 Å². The Bertz CT molecular complexity index is 1080. The van der Waals surface area contributed by atoms with E-state index in [-0.39, 0.29) is 25.0 Å². The van der Waals surface area contributed by atoms with E-state index in [9.17, 15) is 9.59 Å². The van der Waals surface area contributed by atoms with Gasteiger partial charge in [0.25, 0.3) is 5.91 Å². The van der Waals surface area contributed by atoms with E-state index in [2.05, 4.69) is 5.32 Å². The van der Waals surface area contributed by atoms with Crippen molar-refractivity contribution < 1.29 is 19.1 Å². The minimum atomic E-state index is -0.591. The Morgan fingerprint density at radius 3 is 2.52 bits per heavy atom. The van der Waals surface area contributed by atoms with Crippen LogP contribution in [0, 0.1) is 0 Å². The second kappa shape index (κ2) is 11.9. The molecular formula is C27H32N2O4. The van der Waals surface area contributed by atoms with E-state index < -0.39 is 6.04 Å². The lowest BCUT2D eigenvalue weighted by Gasteiger charge is -2.30. The maximum atomic E-state index is 13.4. The van der Waals surface area contributed by atoms with Gasteiger partial charge in [-0.25, -0.2) is 0 Å². The fourth-order valence-electron chi connectivity index (χ4n) is 3.80. The first-order chi connectivity index (χ1) is 16.1. The van der Waals surface area contributed by atoms with Gasteiger partial charge in [0.1, 0.15) is 17.5 Å². The number of rotatable bonds is 11. The van der Waals surface area contributed by atoms with E-state index in [1.165, 1.54) is 0 Å². The van der Waals surface area contributed by atoms with Crippen molar-refractivity contribution in [1.29, 1.82) is 0 Å². The van der Waals surface area contributed by atoms with Crippen molar-refractivity contribution in [2.24, 2.45) is 0 Å². The van der Waals surface area contributed by atoms with E-state index in [1.807, 2.05) is 80.6 Å². The zero-order chi connectivity index (χ0) is 23.6. The van der Waals surface area contributed by atoms with Crippen LogP contribution in [-0.4, -0.2) is 43.0 Å². The summed E-state index contributed by atoms with van der Waals surface area (Å²) in [5.41, 5.74) is 0.884. The molecule has 174 valence electrons. The molecule has 0 aliphatic carbocycles. The summed E-state index contributed by atoms with van der Waals surface area (Å²) in [4.78, 5) is 27.9. The van der Waals surface area contributed by atoms with Gasteiger partial charge in [0.2, 0.25) is 5.91 Å². The highest BCUT2D eigenvalue weighted by Gasteiger charge is 2.29. The first-order valence-corrected chi connectivity index (χ1v) is 11.4. The lowest BCUT2D eigenvalue weighted by molar-refractivity contribution is -0.142. The number of hydrogen-bond donors (Lipinski definition) is 1. The van der Waals surface area contributed by atoms with Crippen molar-refractivity contribution >= 4 is 22.6 Å². The van der Waals surface area contributed by atoms with Crippen LogP contribution in [-0.2, 0) is 16.1 Å². The quantitative estimate of drug-likeness (QED) is 0.467. The summed E-state index contributed by atoms with van der Waals surface area (Å²) in [6.45, 7) is 4.61. The third-order valence-corrected chi connectivity index (χ3v) is 5.52. The van der Waals surface area contributed by atoms with Crippen LogP contribution < -0.4 is 14.8 Å². The number of amides is 2. The molecule has 0 unspecified atom stereocenters. The number of hydrogen-bond acceptors (Lipinski definition) is 4. The van der Waals surface area contributed by atoms with E-state index in [0.717, 1.165) is 22.8 Å². The molecule has 0 aliphatic rings. The van der Waals surface area contributed by atoms with E-state index in [1.54, 1.807) is 12.0 Å². The van der Waals surface area contributed by atoms with Crippen LogP contribution in [0.5, 0.6) is 11.5 Å². The normalized spacial score (nSPS) is 11.6. The number of nitrogens with zero attached hydrogens (tertiary/aromatic N) is 1. The van der Waals surface area contributed by atoms with Crippen LogP contribution in [0.4, 0.5) is 0 Å². The van der Waals surface area contributed by atoms with Crippen LogP contribution >= 0.6 is 0 Å². The molecule has 0 saturated heterocycles. The third kappa shape index (κ3) is 6.25. The fourth-order valence-corrected chi connectivity index (χ4v) is 3.80. The van der Waals surface area contributed by atoms with Crippen molar-refractivity contribution in [3.63, 3.8) is 0 Å². The molecule has 0 saturated carbocycles. The summed E-state index contributed by atoms with van der Waals surface area (Å²) in [7, 11) is 1.60. The second-order valence-electron chi connectivity index (χ2n) is 7.85. The zero-order valence-electron chi connectivity index (χ0n) is 19.5. The lowest BCUT2D eigenvalue weighted by Crippen LogP contribution is -2.50. The average molecular weight is 449 g/mol. The van der Waals surface area contributed by atoms with Crippen molar-refractivity contribution in [3.8, 4) is 11.5 Å². The van der Waals surface area contributed by atoms with Gasteiger partial charge in [-0.05, 0) is 42.0 Å². The monoisotopic (exact) mass is 448 g/mol. The highest BCUT2D eigenvalue weighted by atomic mass is 16.5. The predicted octanol–water partition coefficient (Wildman–Crippen LogP) is 4.56. The highest BCUT2D eigenvalue weighted by Crippen LogP contribution is 2.25. The molecule has 6 nitrogen and oxygen atoms in total. The number of methoxy groups -OCH3 is 1. The Balaban J connectivity index is 1.83. The SMILES string of the molecule is CCCNC(=O)[C@H](CC)N(Cc1cccc(OC)c1)C(=O)COc1cccc2ccccc12. The Labute approximate surface area is 195 Å². The molecule has 0 radical (unpaired) electrons. The van der Waals surface area contributed by atoms with Crippen LogP contribution in [0.3, 0.4) is 0 Å². The molecule has 3 rings (SSSR count).